The number of thiazole rings is 1. The van der Waals surface area contributed by atoms with Crippen LogP contribution in [0.15, 0.2) is 40.7 Å². The van der Waals surface area contributed by atoms with Gasteiger partial charge in [0.15, 0.2) is 5.13 Å². The third kappa shape index (κ3) is 3.77. The van der Waals surface area contributed by atoms with E-state index < -0.39 is 10.0 Å². The normalized spacial score (nSPS) is 16.7. The van der Waals surface area contributed by atoms with E-state index in [1.54, 1.807) is 37.6 Å². The summed E-state index contributed by atoms with van der Waals surface area (Å²) < 4.78 is 25.8. The average molecular weight is 367 g/mol. The maximum Gasteiger partial charge on any atom is 0.242 e. The second kappa shape index (κ2) is 7.18. The number of rotatable bonds is 5. The highest BCUT2D eigenvalue weighted by atomic mass is 32.2. The van der Waals surface area contributed by atoms with Crippen molar-refractivity contribution in [2.24, 2.45) is 0 Å². The molecule has 1 aromatic heterocycles. The van der Waals surface area contributed by atoms with Crippen molar-refractivity contribution in [3.05, 3.63) is 41.4 Å². The Hall–Kier alpha value is -1.48. The summed E-state index contributed by atoms with van der Waals surface area (Å²) in [4.78, 5) is 9.36. The summed E-state index contributed by atoms with van der Waals surface area (Å²) in [7, 11) is -0.268. The Morgan fingerprint density at radius 2 is 1.96 bits per heavy atom. The second-order valence-electron chi connectivity index (χ2n) is 6.01. The Morgan fingerprint density at radius 3 is 2.58 bits per heavy atom. The number of hydrogen-bond acceptors (Lipinski definition) is 6. The molecular weight excluding hydrogens is 344 g/mol. The van der Waals surface area contributed by atoms with Gasteiger partial charge in [0, 0.05) is 58.4 Å². The van der Waals surface area contributed by atoms with Crippen molar-refractivity contribution in [2.45, 2.75) is 11.4 Å². The fourth-order valence-electron chi connectivity index (χ4n) is 2.74. The molecule has 24 heavy (non-hydrogen) atoms. The SMILES string of the molecule is CN(C)S(=O)(=O)c1cccc(CN2CCN(c3nccs3)CC2)c1. The molecule has 0 radical (unpaired) electrons. The lowest BCUT2D eigenvalue weighted by atomic mass is 10.2. The summed E-state index contributed by atoms with van der Waals surface area (Å²) in [6.07, 6.45) is 1.84. The van der Waals surface area contributed by atoms with E-state index in [2.05, 4.69) is 14.8 Å². The van der Waals surface area contributed by atoms with Gasteiger partial charge in [0.25, 0.3) is 0 Å². The molecule has 8 heteroatoms. The first kappa shape index (κ1) is 17.3. The number of anilines is 1. The summed E-state index contributed by atoms with van der Waals surface area (Å²) in [5.74, 6) is 0. The molecule has 0 amide bonds. The highest BCUT2D eigenvalue weighted by Crippen LogP contribution is 2.20. The van der Waals surface area contributed by atoms with Gasteiger partial charge in [-0.05, 0) is 17.7 Å². The van der Waals surface area contributed by atoms with Crippen molar-refractivity contribution >= 4 is 26.5 Å². The molecule has 1 fully saturated rings. The highest BCUT2D eigenvalue weighted by molar-refractivity contribution is 7.89. The molecule has 0 saturated carbocycles. The van der Waals surface area contributed by atoms with Gasteiger partial charge in [-0.1, -0.05) is 12.1 Å². The van der Waals surface area contributed by atoms with Gasteiger partial charge in [0.1, 0.15) is 0 Å². The molecule has 130 valence electrons. The van der Waals surface area contributed by atoms with Crippen LogP contribution in [0.2, 0.25) is 0 Å². The molecule has 2 aromatic rings. The van der Waals surface area contributed by atoms with E-state index in [9.17, 15) is 8.42 Å². The van der Waals surface area contributed by atoms with Crippen molar-refractivity contribution in [1.82, 2.24) is 14.2 Å². The van der Waals surface area contributed by atoms with Gasteiger partial charge in [-0.15, -0.1) is 11.3 Å². The van der Waals surface area contributed by atoms with Gasteiger partial charge in [-0.25, -0.2) is 17.7 Å². The Balaban J connectivity index is 1.63. The van der Waals surface area contributed by atoms with Crippen LogP contribution in [0, 0.1) is 0 Å². The molecule has 1 aliphatic rings. The number of aromatic nitrogens is 1. The monoisotopic (exact) mass is 366 g/mol. The predicted molar refractivity (Wildman–Crippen MR) is 96.9 cm³/mol. The number of sulfonamides is 1. The van der Waals surface area contributed by atoms with Crippen LogP contribution in [0.5, 0.6) is 0 Å². The molecule has 0 atom stereocenters. The van der Waals surface area contributed by atoms with Crippen LogP contribution in [-0.2, 0) is 16.6 Å². The fourth-order valence-corrected chi connectivity index (χ4v) is 4.41. The van der Waals surface area contributed by atoms with Crippen LogP contribution < -0.4 is 4.90 Å². The molecule has 0 N–H and O–H groups in total. The molecule has 3 rings (SSSR count). The molecule has 2 heterocycles. The van der Waals surface area contributed by atoms with E-state index in [0.717, 1.165) is 43.4 Å². The lowest BCUT2D eigenvalue weighted by molar-refractivity contribution is 0.249. The third-order valence-electron chi connectivity index (χ3n) is 4.15. The van der Waals surface area contributed by atoms with Crippen LogP contribution >= 0.6 is 11.3 Å². The van der Waals surface area contributed by atoms with Gasteiger partial charge in [-0.3, -0.25) is 4.90 Å². The molecule has 0 aliphatic carbocycles. The predicted octanol–water partition coefficient (Wildman–Crippen LogP) is 1.72. The lowest BCUT2D eigenvalue weighted by Crippen LogP contribution is -2.45. The van der Waals surface area contributed by atoms with Crippen LogP contribution in [0.3, 0.4) is 0 Å². The van der Waals surface area contributed by atoms with Crippen molar-refractivity contribution in [3.8, 4) is 0 Å². The molecule has 0 bridgehead atoms. The summed E-state index contributed by atoms with van der Waals surface area (Å²) in [6, 6.07) is 7.24. The number of nitrogens with zero attached hydrogens (tertiary/aromatic N) is 4. The summed E-state index contributed by atoms with van der Waals surface area (Å²) in [5, 5.41) is 3.08. The van der Waals surface area contributed by atoms with E-state index in [4.69, 9.17) is 0 Å². The summed E-state index contributed by atoms with van der Waals surface area (Å²) in [5.41, 5.74) is 1.03. The van der Waals surface area contributed by atoms with E-state index in [0.29, 0.717) is 4.90 Å². The van der Waals surface area contributed by atoms with Gasteiger partial charge in [0.05, 0.1) is 4.90 Å². The fraction of sp³-hybridized carbons (Fsp3) is 0.438. The van der Waals surface area contributed by atoms with Crippen molar-refractivity contribution < 1.29 is 8.42 Å². The van der Waals surface area contributed by atoms with E-state index >= 15 is 0 Å². The second-order valence-corrected chi connectivity index (χ2v) is 9.04. The van der Waals surface area contributed by atoms with E-state index in [-0.39, 0.29) is 0 Å². The zero-order chi connectivity index (χ0) is 17.2. The first-order valence-electron chi connectivity index (χ1n) is 7.85. The molecule has 1 aliphatic heterocycles. The minimum absolute atomic E-state index is 0.353. The topological polar surface area (TPSA) is 56.8 Å². The zero-order valence-corrected chi connectivity index (χ0v) is 15.6. The van der Waals surface area contributed by atoms with Crippen LogP contribution in [0.4, 0.5) is 5.13 Å². The standard InChI is InChI=1S/C16H22N4O2S2/c1-18(2)24(21,22)15-5-3-4-14(12-15)13-19-7-9-20(10-8-19)16-17-6-11-23-16/h3-6,11-12H,7-10,13H2,1-2H3. The van der Waals surface area contributed by atoms with Crippen LogP contribution in [-0.4, -0.2) is 62.9 Å². The maximum absolute atomic E-state index is 12.3. The summed E-state index contributed by atoms with van der Waals surface area (Å²) >= 11 is 1.67. The average Bonchev–Trinajstić information content (AvgIpc) is 3.10. The number of piperazine rings is 1. The van der Waals surface area contributed by atoms with Gasteiger partial charge >= 0.3 is 0 Å². The molecule has 0 spiro atoms. The highest BCUT2D eigenvalue weighted by Gasteiger charge is 2.20. The number of benzene rings is 1. The molecular formula is C16H22N4O2S2. The number of hydrogen-bond donors (Lipinski definition) is 0. The van der Waals surface area contributed by atoms with E-state index in [1.807, 2.05) is 23.7 Å². The quantitative estimate of drug-likeness (QED) is 0.806. The molecule has 1 saturated heterocycles. The minimum Gasteiger partial charge on any atom is -0.346 e. The Morgan fingerprint density at radius 1 is 1.21 bits per heavy atom. The molecule has 1 aromatic carbocycles. The lowest BCUT2D eigenvalue weighted by Gasteiger charge is -2.34. The Labute approximate surface area is 147 Å². The largest absolute Gasteiger partial charge is 0.346 e. The molecule has 6 nitrogen and oxygen atoms in total. The van der Waals surface area contributed by atoms with E-state index in [1.165, 1.54) is 4.31 Å². The first-order chi connectivity index (χ1) is 11.5. The molecule has 0 unspecified atom stereocenters. The van der Waals surface area contributed by atoms with Crippen molar-refractivity contribution in [1.29, 1.82) is 0 Å². The van der Waals surface area contributed by atoms with Crippen LogP contribution in [0.25, 0.3) is 0 Å². The zero-order valence-electron chi connectivity index (χ0n) is 13.9. The Kier molecular flexibility index (Phi) is 5.19. The van der Waals surface area contributed by atoms with Crippen molar-refractivity contribution in [3.63, 3.8) is 0 Å². The van der Waals surface area contributed by atoms with Gasteiger partial charge in [0.2, 0.25) is 10.0 Å². The van der Waals surface area contributed by atoms with Gasteiger partial charge < -0.3 is 4.90 Å². The summed E-state index contributed by atoms with van der Waals surface area (Å²) in [6.45, 7) is 4.56. The van der Waals surface area contributed by atoms with Crippen molar-refractivity contribution in [2.75, 3.05) is 45.2 Å². The Bertz CT molecular complexity index is 767. The first-order valence-corrected chi connectivity index (χ1v) is 10.2. The van der Waals surface area contributed by atoms with Crippen LogP contribution in [0.1, 0.15) is 5.56 Å². The minimum atomic E-state index is -3.38. The third-order valence-corrected chi connectivity index (χ3v) is 6.79. The van der Waals surface area contributed by atoms with Gasteiger partial charge in [-0.2, -0.15) is 0 Å². The maximum atomic E-state index is 12.3. The smallest absolute Gasteiger partial charge is 0.242 e.